The molecule has 0 radical (unpaired) electrons. The number of carbonyl (C=O) groups is 2. The van der Waals surface area contributed by atoms with Gasteiger partial charge in [-0.05, 0) is 51.5 Å². The van der Waals surface area contributed by atoms with Gasteiger partial charge in [0.25, 0.3) is 5.91 Å². The van der Waals surface area contributed by atoms with E-state index in [1.807, 2.05) is 6.92 Å². The largest absolute Gasteiger partial charge is 0.481 e. The zero-order chi connectivity index (χ0) is 17.8. The van der Waals surface area contributed by atoms with Gasteiger partial charge in [-0.15, -0.1) is 0 Å². The highest BCUT2D eigenvalue weighted by Gasteiger charge is 2.35. The van der Waals surface area contributed by atoms with E-state index in [0.29, 0.717) is 30.8 Å². The maximum atomic E-state index is 12.9. The average Bonchev–Trinajstić information content (AvgIpc) is 2.62. The smallest absolute Gasteiger partial charge is 0.308 e. The molecular weight excluding hydrogens is 320 g/mol. The molecule has 6 nitrogen and oxygen atoms in total. The van der Waals surface area contributed by atoms with Crippen LogP contribution in [0.3, 0.4) is 0 Å². The molecule has 1 N–H and O–H groups in total. The Bertz CT molecular complexity index is 628. The number of hydrogen-bond acceptors (Lipinski definition) is 4. The second-order valence-electron chi connectivity index (χ2n) is 7.09. The fourth-order valence-electron chi connectivity index (χ4n) is 3.89. The minimum absolute atomic E-state index is 0.144. The Balaban J connectivity index is 1.71. The average molecular weight is 346 g/mol. The third-order valence-corrected chi connectivity index (χ3v) is 5.39. The zero-order valence-corrected chi connectivity index (χ0v) is 14.7. The number of piperidine rings is 1. The van der Waals surface area contributed by atoms with Crippen LogP contribution in [0.1, 0.15) is 62.2 Å². The molecule has 1 aliphatic heterocycles. The van der Waals surface area contributed by atoms with E-state index in [2.05, 4.69) is 4.98 Å². The van der Waals surface area contributed by atoms with Gasteiger partial charge in [-0.2, -0.15) is 0 Å². The molecule has 25 heavy (non-hydrogen) atoms. The highest BCUT2D eigenvalue weighted by Crippen LogP contribution is 2.27. The maximum absolute atomic E-state index is 12.9. The number of pyridine rings is 1. The Morgan fingerprint density at radius 1 is 1.20 bits per heavy atom. The van der Waals surface area contributed by atoms with Crippen LogP contribution in [0.25, 0.3) is 0 Å². The first kappa shape index (κ1) is 17.7. The molecule has 136 valence electrons. The number of nitrogens with zero attached hydrogens (tertiary/aromatic N) is 2. The normalized spacial score (nSPS) is 24.8. The highest BCUT2D eigenvalue weighted by molar-refractivity contribution is 5.95. The Morgan fingerprint density at radius 2 is 1.96 bits per heavy atom. The molecule has 0 spiro atoms. The molecule has 1 aromatic heterocycles. The molecule has 6 heteroatoms. The molecule has 2 aliphatic rings. The topological polar surface area (TPSA) is 79.7 Å². The van der Waals surface area contributed by atoms with E-state index in [9.17, 15) is 14.7 Å². The van der Waals surface area contributed by atoms with E-state index < -0.39 is 11.9 Å². The molecule has 3 rings (SSSR count). The van der Waals surface area contributed by atoms with Crippen molar-refractivity contribution in [3.63, 3.8) is 0 Å². The van der Waals surface area contributed by atoms with Gasteiger partial charge in [0.1, 0.15) is 6.10 Å². The second kappa shape index (κ2) is 7.85. The van der Waals surface area contributed by atoms with Crippen molar-refractivity contribution in [2.45, 2.75) is 64.0 Å². The quantitative estimate of drug-likeness (QED) is 0.906. The number of aliphatic carboxylic acids is 1. The fraction of sp³-hybridized carbons (Fsp3) is 0.632. The van der Waals surface area contributed by atoms with E-state index in [4.69, 9.17) is 4.74 Å². The van der Waals surface area contributed by atoms with Crippen molar-refractivity contribution < 1.29 is 19.4 Å². The van der Waals surface area contributed by atoms with Crippen LogP contribution in [0.4, 0.5) is 0 Å². The van der Waals surface area contributed by atoms with Crippen molar-refractivity contribution >= 4 is 11.9 Å². The monoisotopic (exact) mass is 346 g/mol. The molecule has 0 unspecified atom stereocenters. The van der Waals surface area contributed by atoms with Crippen LogP contribution in [0, 0.1) is 5.92 Å². The Kier molecular flexibility index (Phi) is 5.56. The van der Waals surface area contributed by atoms with E-state index in [1.165, 1.54) is 19.3 Å². The lowest BCUT2D eigenvalue weighted by atomic mass is 9.90. The first-order valence-electron chi connectivity index (χ1n) is 9.22. The number of ether oxygens (including phenoxy) is 1. The van der Waals surface area contributed by atoms with E-state index in [1.54, 1.807) is 23.2 Å². The lowest BCUT2D eigenvalue weighted by Crippen LogP contribution is -2.49. The number of aromatic nitrogens is 1. The molecule has 2 atom stereocenters. The minimum atomic E-state index is -0.832. The molecule has 1 aliphatic carbocycles. The van der Waals surface area contributed by atoms with Gasteiger partial charge >= 0.3 is 5.97 Å². The number of carbonyl (C=O) groups excluding carboxylic acids is 1. The SMILES string of the molecule is C[C@@H]1[C@H](C(=O)O)CCCN1C(=O)c1ccnc(OC2CCCCC2)c1. The van der Waals surface area contributed by atoms with Crippen LogP contribution < -0.4 is 4.74 Å². The predicted molar refractivity (Wildman–Crippen MR) is 92.6 cm³/mol. The van der Waals surface area contributed by atoms with Crippen molar-refractivity contribution in [1.29, 1.82) is 0 Å². The van der Waals surface area contributed by atoms with Crippen molar-refractivity contribution in [1.82, 2.24) is 9.88 Å². The summed E-state index contributed by atoms with van der Waals surface area (Å²) < 4.78 is 5.94. The molecule has 2 heterocycles. The van der Waals surface area contributed by atoms with Crippen LogP contribution in [0.2, 0.25) is 0 Å². The summed E-state index contributed by atoms with van der Waals surface area (Å²) in [6.07, 6.45) is 8.76. The number of carboxylic acid groups (broad SMARTS) is 1. The summed E-state index contributed by atoms with van der Waals surface area (Å²) in [5.41, 5.74) is 0.513. The molecule has 1 saturated heterocycles. The first-order chi connectivity index (χ1) is 12.1. The van der Waals surface area contributed by atoms with Crippen molar-refractivity contribution in [3.8, 4) is 5.88 Å². The van der Waals surface area contributed by atoms with Crippen molar-refractivity contribution in [2.24, 2.45) is 5.92 Å². The summed E-state index contributed by atoms with van der Waals surface area (Å²) in [5.74, 6) is -0.995. The van der Waals surface area contributed by atoms with Gasteiger partial charge in [-0.1, -0.05) is 6.42 Å². The van der Waals surface area contributed by atoms with E-state index in [-0.39, 0.29) is 18.1 Å². The maximum Gasteiger partial charge on any atom is 0.308 e. The number of likely N-dealkylation sites (tertiary alicyclic amines) is 1. The molecule has 0 aromatic carbocycles. The van der Waals surface area contributed by atoms with Gasteiger partial charge in [0.15, 0.2) is 0 Å². The third kappa shape index (κ3) is 4.11. The summed E-state index contributed by atoms with van der Waals surface area (Å²) >= 11 is 0. The number of amides is 1. The summed E-state index contributed by atoms with van der Waals surface area (Å²) in [7, 11) is 0. The predicted octanol–water partition coefficient (Wildman–Crippen LogP) is 3.12. The van der Waals surface area contributed by atoms with Gasteiger partial charge in [0, 0.05) is 30.4 Å². The second-order valence-corrected chi connectivity index (χ2v) is 7.09. The van der Waals surface area contributed by atoms with Gasteiger partial charge < -0.3 is 14.7 Å². The number of carboxylic acids is 1. The summed E-state index contributed by atoms with van der Waals surface area (Å²) in [6.45, 7) is 2.40. The van der Waals surface area contributed by atoms with Gasteiger partial charge in [0.2, 0.25) is 5.88 Å². The molecule has 1 amide bonds. The first-order valence-corrected chi connectivity index (χ1v) is 9.22. The minimum Gasteiger partial charge on any atom is -0.481 e. The third-order valence-electron chi connectivity index (χ3n) is 5.39. The van der Waals surface area contributed by atoms with Crippen LogP contribution in [-0.4, -0.2) is 45.6 Å². The Morgan fingerprint density at radius 3 is 2.68 bits per heavy atom. The highest BCUT2D eigenvalue weighted by atomic mass is 16.5. The number of hydrogen-bond donors (Lipinski definition) is 1. The van der Waals surface area contributed by atoms with Gasteiger partial charge in [0.05, 0.1) is 5.92 Å². The Hall–Kier alpha value is -2.11. The molecular formula is C19H26N2O4. The zero-order valence-electron chi connectivity index (χ0n) is 14.7. The van der Waals surface area contributed by atoms with Crippen LogP contribution >= 0.6 is 0 Å². The Labute approximate surface area is 148 Å². The summed E-state index contributed by atoms with van der Waals surface area (Å²) in [4.78, 5) is 30.2. The van der Waals surface area contributed by atoms with Crippen molar-refractivity contribution in [3.05, 3.63) is 23.9 Å². The van der Waals surface area contributed by atoms with Crippen LogP contribution in [-0.2, 0) is 4.79 Å². The van der Waals surface area contributed by atoms with Gasteiger partial charge in [-0.3, -0.25) is 9.59 Å². The number of rotatable bonds is 4. The summed E-state index contributed by atoms with van der Waals surface area (Å²) in [5, 5.41) is 9.34. The van der Waals surface area contributed by atoms with E-state index in [0.717, 1.165) is 12.8 Å². The van der Waals surface area contributed by atoms with Gasteiger partial charge in [-0.25, -0.2) is 4.98 Å². The van der Waals surface area contributed by atoms with Crippen molar-refractivity contribution in [2.75, 3.05) is 6.54 Å². The molecule has 1 saturated carbocycles. The van der Waals surface area contributed by atoms with Crippen LogP contribution in [0.15, 0.2) is 18.3 Å². The molecule has 2 fully saturated rings. The molecule has 0 bridgehead atoms. The van der Waals surface area contributed by atoms with Crippen LogP contribution in [0.5, 0.6) is 5.88 Å². The fourth-order valence-corrected chi connectivity index (χ4v) is 3.89. The summed E-state index contributed by atoms with van der Waals surface area (Å²) in [6, 6.07) is 3.05. The molecule has 1 aromatic rings. The lowest BCUT2D eigenvalue weighted by molar-refractivity contribution is -0.144. The van der Waals surface area contributed by atoms with E-state index >= 15 is 0 Å². The standard InChI is InChI=1S/C19H26N2O4/c1-13-16(19(23)24)8-5-11-21(13)18(22)14-9-10-20-17(12-14)25-15-6-3-2-4-7-15/h9-10,12-13,15-16H,2-8,11H2,1H3,(H,23,24)/t13-,16-/m1/s1. The lowest BCUT2D eigenvalue weighted by Gasteiger charge is -2.37.